The zero-order valence-corrected chi connectivity index (χ0v) is 8.52. The number of aliphatic carboxylic acids is 1. The van der Waals surface area contributed by atoms with Gasteiger partial charge >= 0.3 is 5.97 Å². The van der Waals surface area contributed by atoms with E-state index in [0.29, 0.717) is 12.8 Å². The molecule has 2 rings (SSSR count). The maximum Gasteiger partial charge on any atom is 0.307 e. The summed E-state index contributed by atoms with van der Waals surface area (Å²) in [6.07, 6.45) is 1.33. The van der Waals surface area contributed by atoms with Gasteiger partial charge in [-0.25, -0.2) is 0 Å². The number of hydrogen-bond donors (Lipinski definition) is 1. The van der Waals surface area contributed by atoms with Crippen molar-refractivity contribution in [3.63, 3.8) is 0 Å². The number of fused-ring (bicyclic) bond motifs is 1. The van der Waals surface area contributed by atoms with Gasteiger partial charge in [0.1, 0.15) is 3.82 Å². The van der Waals surface area contributed by atoms with Crippen molar-refractivity contribution in [3.8, 4) is 0 Å². The van der Waals surface area contributed by atoms with Crippen molar-refractivity contribution in [1.82, 2.24) is 0 Å². The van der Waals surface area contributed by atoms with Gasteiger partial charge in [0, 0.05) is 4.88 Å². The Balaban J connectivity index is 2.34. The van der Waals surface area contributed by atoms with E-state index in [9.17, 15) is 4.79 Å². The molecule has 0 saturated heterocycles. The van der Waals surface area contributed by atoms with Crippen LogP contribution in [0.15, 0.2) is 0 Å². The summed E-state index contributed by atoms with van der Waals surface area (Å²) in [6, 6.07) is 0. The topological polar surface area (TPSA) is 37.3 Å². The fraction of sp³-hybridized carbons (Fsp3) is 0.429. The number of hydrogen-bond acceptors (Lipinski definition) is 4. The van der Waals surface area contributed by atoms with Crippen molar-refractivity contribution in [2.45, 2.75) is 12.8 Å². The molecule has 0 amide bonds. The van der Waals surface area contributed by atoms with Crippen LogP contribution in [0.5, 0.6) is 0 Å². The second-order valence-corrected chi connectivity index (χ2v) is 5.70. The van der Waals surface area contributed by atoms with Gasteiger partial charge in [-0.3, -0.25) is 4.79 Å². The lowest BCUT2D eigenvalue weighted by atomic mass is 10.1. The average Bonchev–Trinajstić information content (AvgIpc) is 2.53. The van der Waals surface area contributed by atoms with E-state index in [1.165, 1.54) is 4.88 Å². The van der Waals surface area contributed by atoms with Crippen LogP contribution in [0.3, 0.4) is 0 Å². The molecular weight excluding hydrogens is 212 g/mol. The van der Waals surface area contributed by atoms with Crippen LogP contribution in [-0.4, -0.2) is 11.1 Å². The lowest BCUT2D eigenvalue weighted by Gasteiger charge is -1.98. The minimum absolute atomic E-state index is 0.221. The van der Waals surface area contributed by atoms with Crippen LogP contribution >= 0.6 is 32.9 Å². The Morgan fingerprint density at radius 3 is 2.83 bits per heavy atom. The zero-order chi connectivity index (χ0) is 8.72. The van der Waals surface area contributed by atoms with E-state index in [4.69, 9.17) is 17.3 Å². The summed E-state index contributed by atoms with van der Waals surface area (Å²) < 4.78 is 0.888. The first-order valence-electron chi connectivity index (χ1n) is 3.52. The smallest absolute Gasteiger partial charge is 0.307 e. The van der Waals surface area contributed by atoms with Gasteiger partial charge in [-0.05, 0) is 18.4 Å². The van der Waals surface area contributed by atoms with Gasteiger partial charge in [-0.1, -0.05) is 32.9 Å². The van der Waals surface area contributed by atoms with E-state index in [1.807, 2.05) is 0 Å². The molecule has 0 fully saturated rings. The van der Waals surface area contributed by atoms with Crippen LogP contribution in [0.4, 0.5) is 0 Å². The van der Waals surface area contributed by atoms with E-state index in [0.717, 1.165) is 9.39 Å². The quantitative estimate of drug-likeness (QED) is 0.580. The summed E-state index contributed by atoms with van der Waals surface area (Å²) in [7, 11) is 3.22. The number of carbonyl (C=O) groups is 1. The fourth-order valence-electron chi connectivity index (χ4n) is 1.37. The van der Waals surface area contributed by atoms with Crippen molar-refractivity contribution in [2.24, 2.45) is 5.92 Å². The fourth-order valence-corrected chi connectivity index (χ4v) is 4.39. The highest BCUT2D eigenvalue weighted by atomic mass is 32.9. The van der Waals surface area contributed by atoms with Gasteiger partial charge < -0.3 is 5.11 Å². The summed E-state index contributed by atoms with van der Waals surface area (Å²) in [5, 5.41) is 8.77. The molecule has 1 atom stereocenters. The molecule has 1 aliphatic carbocycles. The van der Waals surface area contributed by atoms with Gasteiger partial charge in [0.05, 0.1) is 5.92 Å². The molecule has 1 N–H and O–H groups in total. The number of carboxylic acids is 1. The molecule has 1 aromatic heterocycles. The van der Waals surface area contributed by atoms with Crippen LogP contribution in [0, 0.1) is 9.74 Å². The first-order chi connectivity index (χ1) is 5.68. The third-order valence-corrected chi connectivity index (χ3v) is 5.29. The Hall–Kier alpha value is -0.260. The molecule has 0 unspecified atom stereocenters. The van der Waals surface area contributed by atoms with Crippen LogP contribution in [0.2, 0.25) is 0 Å². The molecule has 64 valence electrons. The minimum Gasteiger partial charge on any atom is -0.481 e. The molecule has 12 heavy (non-hydrogen) atoms. The highest BCUT2D eigenvalue weighted by Gasteiger charge is 2.29. The number of carboxylic acid groups (broad SMARTS) is 1. The largest absolute Gasteiger partial charge is 0.481 e. The van der Waals surface area contributed by atoms with Crippen molar-refractivity contribution in [1.29, 1.82) is 0 Å². The molecule has 0 saturated carbocycles. The summed E-state index contributed by atoms with van der Waals surface area (Å²) in [4.78, 5) is 11.8. The predicted molar refractivity (Wildman–Crippen MR) is 51.6 cm³/mol. The molecule has 1 aromatic rings. The Kier molecular flexibility index (Phi) is 2.02. The van der Waals surface area contributed by atoms with Crippen molar-refractivity contribution in [3.05, 3.63) is 14.3 Å². The van der Waals surface area contributed by atoms with Gasteiger partial charge in [0.15, 0.2) is 0 Å². The van der Waals surface area contributed by atoms with Gasteiger partial charge in [0.25, 0.3) is 0 Å². The first kappa shape index (κ1) is 8.34. The molecule has 0 spiro atoms. The molecule has 5 heteroatoms. The highest BCUT2D eigenvalue weighted by molar-refractivity contribution is 7.79. The monoisotopic (exact) mass is 218 g/mol. The summed E-state index contributed by atoms with van der Waals surface area (Å²) in [5.41, 5.74) is 1.12. The average molecular weight is 218 g/mol. The second kappa shape index (κ2) is 2.90. The molecular formula is C7H6O2S3. The number of rotatable bonds is 1. The Morgan fingerprint density at radius 1 is 1.50 bits per heavy atom. The second-order valence-electron chi connectivity index (χ2n) is 2.80. The van der Waals surface area contributed by atoms with Crippen LogP contribution in [-0.2, 0) is 17.6 Å². The highest BCUT2D eigenvalue weighted by Crippen LogP contribution is 2.35. The minimum atomic E-state index is -0.696. The summed E-state index contributed by atoms with van der Waals surface area (Å²) in [6.45, 7) is 0. The summed E-state index contributed by atoms with van der Waals surface area (Å²) >= 11 is 5.09. The molecule has 0 aromatic carbocycles. The molecule has 2 nitrogen and oxygen atoms in total. The maximum atomic E-state index is 10.7. The molecule has 1 heterocycles. The Labute approximate surface area is 81.9 Å². The molecule has 0 radical (unpaired) electrons. The van der Waals surface area contributed by atoms with Crippen molar-refractivity contribution < 1.29 is 9.90 Å². The van der Waals surface area contributed by atoms with E-state index in [-0.39, 0.29) is 5.92 Å². The standard InChI is InChI=1S/C7H6O2S3/c8-6(9)3-1-4-5(2-3)11-12-7(4)10/h3H,1-2H2,(H,8,9)/t3-/m1/s1. The van der Waals surface area contributed by atoms with E-state index >= 15 is 0 Å². The molecule has 1 aliphatic rings. The third kappa shape index (κ3) is 1.22. The summed E-state index contributed by atoms with van der Waals surface area (Å²) in [5.74, 6) is -0.917. The normalized spacial score (nSPS) is 20.8. The van der Waals surface area contributed by atoms with Crippen molar-refractivity contribution >= 4 is 38.9 Å². The lowest BCUT2D eigenvalue weighted by molar-refractivity contribution is -0.141. The van der Waals surface area contributed by atoms with Crippen LogP contribution < -0.4 is 0 Å². The van der Waals surface area contributed by atoms with E-state index < -0.39 is 5.97 Å². The Morgan fingerprint density at radius 2 is 2.25 bits per heavy atom. The first-order valence-corrected chi connectivity index (χ1v) is 6.08. The Bertz CT molecular complexity index is 376. The van der Waals surface area contributed by atoms with Gasteiger partial charge in [-0.2, -0.15) is 0 Å². The van der Waals surface area contributed by atoms with Crippen LogP contribution in [0.25, 0.3) is 0 Å². The lowest BCUT2D eigenvalue weighted by Crippen LogP contribution is -2.12. The third-order valence-electron chi connectivity index (χ3n) is 2.03. The zero-order valence-electron chi connectivity index (χ0n) is 6.07. The van der Waals surface area contributed by atoms with Crippen molar-refractivity contribution in [2.75, 3.05) is 0 Å². The van der Waals surface area contributed by atoms with E-state index in [2.05, 4.69) is 0 Å². The van der Waals surface area contributed by atoms with Gasteiger partial charge in [-0.15, -0.1) is 0 Å². The molecule has 0 bridgehead atoms. The predicted octanol–water partition coefficient (Wildman–Crippen LogP) is 2.34. The SMILES string of the molecule is O=C(O)[C@H]1Cc2ssc(=S)c2C1. The van der Waals surface area contributed by atoms with Crippen LogP contribution in [0.1, 0.15) is 10.4 Å². The maximum absolute atomic E-state index is 10.7. The van der Waals surface area contributed by atoms with E-state index in [1.54, 1.807) is 20.7 Å². The molecule has 0 aliphatic heterocycles. The van der Waals surface area contributed by atoms with Gasteiger partial charge in [0.2, 0.25) is 0 Å².